The number of rotatable bonds is 0. The van der Waals surface area contributed by atoms with Crippen molar-refractivity contribution < 1.29 is 30.9 Å². The highest BCUT2D eigenvalue weighted by Gasteiger charge is 2.77. The smallest absolute Gasteiger partial charge is 0.348 e. The van der Waals surface area contributed by atoms with Gasteiger partial charge in [-0.2, -0.15) is 0 Å². The van der Waals surface area contributed by atoms with Gasteiger partial charge in [0.2, 0.25) is 54.8 Å². The number of benzene rings is 2. The molecule has 6 aromatic rings. The van der Waals surface area contributed by atoms with Crippen molar-refractivity contribution in [3.8, 4) is 33.8 Å². The van der Waals surface area contributed by atoms with Gasteiger partial charge in [-0.1, -0.05) is 24.3 Å². The van der Waals surface area contributed by atoms with Gasteiger partial charge < -0.3 is 4.74 Å². The number of ether oxygens (including phenoxy) is 1. The van der Waals surface area contributed by atoms with Gasteiger partial charge in [0.05, 0.1) is 33.1 Å². The van der Waals surface area contributed by atoms with Gasteiger partial charge >= 0.3 is 24.8 Å². The molecule has 2 aromatic carbocycles. The van der Waals surface area contributed by atoms with Crippen molar-refractivity contribution >= 4 is 77.5 Å². The van der Waals surface area contributed by atoms with Crippen LogP contribution in [0.3, 0.4) is 0 Å². The van der Waals surface area contributed by atoms with Gasteiger partial charge in [0.25, 0.3) is 0 Å². The molecule has 13 rings (SSSR count). The summed E-state index contributed by atoms with van der Waals surface area (Å²) in [5.41, 5.74) is 9.28. The van der Waals surface area contributed by atoms with Gasteiger partial charge in [-0.3, -0.25) is 0 Å². The summed E-state index contributed by atoms with van der Waals surface area (Å²) in [5, 5.41) is 0.00893. The zero-order valence-electron chi connectivity index (χ0n) is 23.3. The van der Waals surface area contributed by atoms with E-state index >= 15 is 0 Å². The minimum Gasteiger partial charge on any atom is -0.440 e. The van der Waals surface area contributed by atoms with E-state index in [1.807, 2.05) is 48.8 Å². The molecule has 212 valence electrons. The largest absolute Gasteiger partial charge is 0.440 e. The fourth-order valence-corrected chi connectivity index (χ4v) is 13.0. The van der Waals surface area contributed by atoms with Gasteiger partial charge in [-0.25, -0.2) is 26.8 Å². The molecule has 0 atom stereocenters. The predicted octanol–water partition coefficient (Wildman–Crippen LogP) is -1.36. The Morgan fingerprint density at radius 3 is 1.52 bits per heavy atom. The molecule has 0 saturated carbocycles. The summed E-state index contributed by atoms with van der Waals surface area (Å²) in [6.45, 7) is -0.810. The van der Waals surface area contributed by atoms with E-state index in [0.717, 1.165) is 44.4 Å². The van der Waals surface area contributed by atoms with Crippen LogP contribution in [-0.4, -0.2) is 40.2 Å². The van der Waals surface area contributed by atoms with Crippen LogP contribution < -0.4 is 51.8 Å². The van der Waals surface area contributed by atoms with Crippen LogP contribution in [0.2, 0.25) is 0 Å². The maximum atomic E-state index is 14.4. The van der Waals surface area contributed by atoms with Gasteiger partial charge in [-0.15, -0.1) is 0 Å². The number of quaternary nitrogens is 1. The van der Waals surface area contributed by atoms with Crippen LogP contribution in [0.5, 0.6) is 11.5 Å². The number of pyridine rings is 4. The number of aromatic nitrogens is 4. The minimum atomic E-state index is -4.00. The lowest BCUT2D eigenvalue weighted by Gasteiger charge is -2.39. The van der Waals surface area contributed by atoms with E-state index in [1.165, 1.54) is 12.4 Å². The zero-order chi connectivity index (χ0) is 30.2. The molecule has 11 heterocycles. The second-order valence-electron chi connectivity index (χ2n) is 12.7. The van der Waals surface area contributed by atoms with E-state index in [4.69, 9.17) is 4.74 Å². The fourth-order valence-electron chi connectivity index (χ4n) is 9.69. The number of sulfone groups is 2. The molecule has 0 radical (unpaired) electrons. The standard InChI is InChI=1S/C32H14B2N5O5S2/c40-45(41)21-9-1-5-15-17-7-3-11-37-29(17)33(23(15)21)25-27-19(13-35-31(25)45)44-20-14-36-32-26-28(20)39(27,37)38-12-4-8-18-16-6-2-10-22(46(32,42)43)24(16)34(26)30(18)38/h1-14H/q+3. The maximum absolute atomic E-state index is 14.4. The molecule has 0 N–H and O–H groups in total. The normalized spacial score (nSPS) is 19.0. The molecule has 1 spiro atoms. The lowest BCUT2D eigenvalue weighted by atomic mass is 9.38. The Bertz CT molecular complexity index is 2720. The zero-order valence-corrected chi connectivity index (χ0v) is 25.0. The van der Waals surface area contributed by atoms with Crippen molar-refractivity contribution in [3.05, 3.63) is 85.5 Å². The lowest BCUT2D eigenvalue weighted by molar-refractivity contribution is -1.03. The molecule has 0 aliphatic carbocycles. The summed E-state index contributed by atoms with van der Waals surface area (Å²) in [6.07, 6.45) is 7.01. The third-order valence-corrected chi connectivity index (χ3v) is 14.6. The monoisotopic (exact) mass is 634 g/mol. The van der Waals surface area contributed by atoms with Crippen molar-refractivity contribution in [2.45, 2.75) is 19.8 Å². The van der Waals surface area contributed by atoms with Gasteiger partial charge in [0.1, 0.15) is 0 Å². The topological polar surface area (TPSA) is 111 Å². The van der Waals surface area contributed by atoms with Gasteiger partial charge in [0, 0.05) is 32.6 Å². The molecular weight excluding hydrogens is 620 g/mol. The van der Waals surface area contributed by atoms with Crippen LogP contribution >= 0.6 is 0 Å². The summed E-state index contributed by atoms with van der Waals surface area (Å²) >= 11 is 0. The number of fused-ring (bicyclic) bond motifs is 2. The van der Waals surface area contributed by atoms with Gasteiger partial charge in [0.15, 0.2) is 14.8 Å². The Balaban J connectivity index is 1.34. The number of hydrogen-bond acceptors (Lipinski definition) is 7. The van der Waals surface area contributed by atoms with Crippen LogP contribution in [0.4, 0.5) is 11.4 Å². The highest BCUT2D eigenvalue weighted by molar-refractivity contribution is 7.92. The van der Waals surface area contributed by atoms with E-state index in [9.17, 15) is 16.8 Å². The molecule has 0 amide bonds. The molecule has 0 unspecified atom stereocenters. The molecular formula is C32H14B2N5O5S2+3. The SMILES string of the molecule is O=S1(=O)c2cccc3c2B2c4c1ncc1c4[N+]4(c5c(cnc6c5B5c7c(cccc7S6(=O)=O)-c6ccc[n+]4c65)O1)[n+]1cccc-3c12. The first-order valence-electron chi connectivity index (χ1n) is 14.9. The van der Waals surface area contributed by atoms with Crippen molar-refractivity contribution in [2.75, 3.05) is 0 Å². The van der Waals surface area contributed by atoms with E-state index in [0.29, 0.717) is 33.8 Å². The molecule has 7 aliphatic heterocycles. The van der Waals surface area contributed by atoms with Gasteiger partial charge in [-0.05, 0) is 46.3 Å². The number of nitrogens with zero attached hydrogens (tertiary/aromatic N) is 5. The van der Waals surface area contributed by atoms with E-state index in [2.05, 4.69) is 19.3 Å². The molecule has 10 nitrogen and oxygen atoms in total. The second kappa shape index (κ2) is 6.54. The summed E-state index contributed by atoms with van der Waals surface area (Å²) < 4.78 is 68.6. The first-order valence-corrected chi connectivity index (χ1v) is 17.8. The first-order chi connectivity index (χ1) is 22.4. The maximum Gasteiger partial charge on any atom is 0.348 e. The molecule has 7 aliphatic rings. The molecule has 4 aromatic heterocycles. The molecule has 0 saturated heterocycles. The Labute approximate surface area is 261 Å². The predicted molar refractivity (Wildman–Crippen MR) is 165 cm³/mol. The fraction of sp³-hybridized carbons (Fsp3) is 0. The highest BCUT2D eigenvalue weighted by Crippen LogP contribution is 2.52. The average molecular weight is 634 g/mol. The quantitative estimate of drug-likeness (QED) is 0.115. The van der Waals surface area contributed by atoms with Crippen LogP contribution in [0.1, 0.15) is 0 Å². The number of hydrogen-bond donors (Lipinski definition) is 0. The average Bonchev–Trinajstić information content (AvgIpc) is 3.59. The molecule has 46 heavy (non-hydrogen) atoms. The third-order valence-electron chi connectivity index (χ3n) is 11.0. The molecule has 14 heteroatoms. The summed E-state index contributed by atoms with van der Waals surface area (Å²) in [7, 11) is -8.01. The third kappa shape index (κ3) is 1.95. The van der Waals surface area contributed by atoms with Crippen LogP contribution in [0.25, 0.3) is 22.3 Å². The Morgan fingerprint density at radius 2 is 1.04 bits per heavy atom. The highest BCUT2D eigenvalue weighted by atomic mass is 32.2. The Hall–Kier alpha value is -5.17. The van der Waals surface area contributed by atoms with E-state index in [-0.39, 0.29) is 24.5 Å². The van der Waals surface area contributed by atoms with E-state index in [1.54, 1.807) is 24.3 Å². The van der Waals surface area contributed by atoms with Crippen molar-refractivity contribution in [1.82, 2.24) is 14.7 Å². The summed E-state index contributed by atoms with van der Waals surface area (Å²) in [6, 6.07) is 18.9. The lowest BCUT2D eigenvalue weighted by Crippen LogP contribution is -2.99. The van der Waals surface area contributed by atoms with Crippen LogP contribution in [0.15, 0.2) is 105 Å². The Morgan fingerprint density at radius 1 is 0.587 bits per heavy atom. The summed E-state index contributed by atoms with van der Waals surface area (Å²) in [5.74, 6) is 0.802. The molecule has 0 fully saturated rings. The van der Waals surface area contributed by atoms with Crippen molar-refractivity contribution in [2.24, 2.45) is 0 Å². The van der Waals surface area contributed by atoms with Crippen LogP contribution in [-0.2, 0) is 19.7 Å². The summed E-state index contributed by atoms with van der Waals surface area (Å²) in [4.78, 5) is 9.74. The van der Waals surface area contributed by atoms with Crippen molar-refractivity contribution in [1.29, 1.82) is 0 Å². The van der Waals surface area contributed by atoms with E-state index < -0.39 is 33.1 Å². The van der Waals surface area contributed by atoms with Crippen LogP contribution in [0, 0.1) is 0 Å². The van der Waals surface area contributed by atoms with Crippen molar-refractivity contribution in [3.63, 3.8) is 0 Å². The minimum absolute atomic E-state index is 0.00446. The Kier molecular flexibility index (Phi) is 3.30. The second-order valence-corrected chi connectivity index (χ2v) is 16.4. The molecule has 0 bridgehead atoms. The first kappa shape index (κ1) is 23.2.